The number of rotatable bonds is 3. The number of hydrogen-bond donors (Lipinski definition) is 0. The topological polar surface area (TPSA) is 17.1 Å². The summed E-state index contributed by atoms with van der Waals surface area (Å²) in [6, 6.07) is 16.3. The van der Waals surface area contributed by atoms with E-state index in [9.17, 15) is 4.79 Å². The first kappa shape index (κ1) is 12.6. The summed E-state index contributed by atoms with van der Waals surface area (Å²) >= 11 is 0. The molecule has 0 unspecified atom stereocenters. The molecule has 0 heterocycles. The van der Waals surface area contributed by atoms with Crippen molar-refractivity contribution in [1.82, 2.24) is 0 Å². The molecule has 0 aliphatic rings. The summed E-state index contributed by atoms with van der Waals surface area (Å²) in [5.74, 6) is 0.251. The quantitative estimate of drug-likeness (QED) is 0.719. The Morgan fingerprint density at radius 3 is 1.72 bits per heavy atom. The summed E-state index contributed by atoms with van der Waals surface area (Å²) < 4.78 is 0. The molecule has 0 saturated carbocycles. The average Bonchev–Trinajstić information content (AvgIpc) is 2.39. The molecule has 0 N–H and O–H groups in total. The lowest BCUT2D eigenvalue weighted by Gasteiger charge is -2.06. The van der Waals surface area contributed by atoms with Crippen LogP contribution in [-0.2, 0) is 0 Å². The molecule has 1 nitrogen and oxygen atoms in total. The van der Waals surface area contributed by atoms with Gasteiger partial charge in [-0.3, -0.25) is 4.79 Å². The molecule has 18 heavy (non-hydrogen) atoms. The Kier molecular flexibility index (Phi) is 3.61. The Bertz CT molecular complexity index is 533. The Balaban J connectivity index is 2.27. The van der Waals surface area contributed by atoms with E-state index in [1.54, 1.807) is 0 Å². The Labute approximate surface area is 108 Å². The highest BCUT2D eigenvalue weighted by molar-refractivity contribution is 5.97. The highest BCUT2D eigenvalue weighted by Gasteiger charge is 2.09. The molecule has 0 fully saturated rings. The fourth-order valence-electron chi connectivity index (χ4n) is 1.91. The fraction of sp³-hybridized carbons (Fsp3) is 0.235. The molecule has 0 spiro atoms. The average molecular weight is 238 g/mol. The molecule has 0 bridgehead atoms. The first-order valence-electron chi connectivity index (χ1n) is 6.29. The molecule has 2 rings (SSSR count). The lowest BCUT2D eigenvalue weighted by molar-refractivity contribution is 0.0939. The second kappa shape index (κ2) is 5.18. The second-order valence-corrected chi connectivity index (χ2v) is 4.96. The predicted molar refractivity (Wildman–Crippen MR) is 75.8 cm³/mol. The van der Waals surface area contributed by atoms with Crippen LogP contribution >= 0.6 is 0 Å². The molecule has 92 valence electrons. The van der Waals surface area contributed by atoms with E-state index in [1.165, 1.54) is 11.1 Å². The number of carbonyl (C=O) groups excluding carboxylic acids is 1. The van der Waals surface area contributed by atoms with Gasteiger partial charge in [-0.1, -0.05) is 67.9 Å². The van der Waals surface area contributed by atoms with Crippen LogP contribution in [0.2, 0.25) is 0 Å². The molecular formula is C17H18O. The molecule has 0 aromatic heterocycles. The van der Waals surface area contributed by atoms with Crippen LogP contribution in [-0.4, -0.2) is 5.78 Å². The van der Waals surface area contributed by atoms with Crippen molar-refractivity contribution in [1.29, 1.82) is 0 Å². The molecule has 2 aromatic carbocycles. The van der Waals surface area contributed by atoms with E-state index >= 15 is 0 Å². The van der Waals surface area contributed by atoms with Crippen LogP contribution in [0, 0.1) is 12.8 Å². The molecular weight excluding hydrogens is 220 g/mol. The van der Waals surface area contributed by atoms with Gasteiger partial charge in [0, 0.05) is 11.5 Å². The highest BCUT2D eigenvalue weighted by Crippen LogP contribution is 2.21. The largest absolute Gasteiger partial charge is 0.294 e. The summed E-state index contributed by atoms with van der Waals surface area (Å²) in [5, 5.41) is 0. The number of aryl methyl sites for hydroxylation is 1. The van der Waals surface area contributed by atoms with E-state index in [1.807, 2.05) is 38.1 Å². The van der Waals surface area contributed by atoms with Crippen LogP contribution in [0.1, 0.15) is 29.8 Å². The number of carbonyl (C=O) groups is 1. The molecule has 1 heteroatoms. The molecule has 2 aromatic rings. The van der Waals surface area contributed by atoms with Crippen LogP contribution in [0.25, 0.3) is 11.1 Å². The zero-order valence-corrected chi connectivity index (χ0v) is 11.1. The molecule has 0 amide bonds. The van der Waals surface area contributed by atoms with Crippen molar-refractivity contribution in [3.63, 3.8) is 0 Å². The smallest absolute Gasteiger partial charge is 0.165 e. The summed E-state index contributed by atoms with van der Waals surface area (Å²) in [7, 11) is 0. The summed E-state index contributed by atoms with van der Waals surface area (Å²) in [4.78, 5) is 11.8. The van der Waals surface area contributed by atoms with Gasteiger partial charge in [0.15, 0.2) is 5.78 Å². The monoisotopic (exact) mass is 238 g/mol. The predicted octanol–water partition coefficient (Wildman–Crippen LogP) is 4.50. The van der Waals surface area contributed by atoms with Crippen LogP contribution in [0.4, 0.5) is 0 Å². The maximum atomic E-state index is 11.8. The van der Waals surface area contributed by atoms with Gasteiger partial charge in [0.25, 0.3) is 0 Å². The van der Waals surface area contributed by atoms with Gasteiger partial charge in [0.05, 0.1) is 0 Å². The van der Waals surface area contributed by atoms with Gasteiger partial charge in [-0.25, -0.2) is 0 Å². The van der Waals surface area contributed by atoms with E-state index in [-0.39, 0.29) is 11.7 Å². The highest BCUT2D eigenvalue weighted by atomic mass is 16.1. The van der Waals surface area contributed by atoms with Crippen molar-refractivity contribution in [2.24, 2.45) is 5.92 Å². The first-order chi connectivity index (χ1) is 8.58. The number of hydrogen-bond acceptors (Lipinski definition) is 1. The molecule has 0 aliphatic carbocycles. The van der Waals surface area contributed by atoms with Crippen LogP contribution in [0.5, 0.6) is 0 Å². The Morgan fingerprint density at radius 1 is 0.833 bits per heavy atom. The van der Waals surface area contributed by atoms with Crippen LogP contribution in [0.3, 0.4) is 0 Å². The third-order valence-electron chi connectivity index (χ3n) is 3.08. The normalized spacial score (nSPS) is 10.7. The number of Topliss-reactive ketones (excluding diaryl/α,β-unsaturated/α-hetero) is 1. The van der Waals surface area contributed by atoms with Gasteiger partial charge < -0.3 is 0 Å². The zero-order valence-electron chi connectivity index (χ0n) is 11.1. The lowest BCUT2D eigenvalue weighted by atomic mass is 9.98. The van der Waals surface area contributed by atoms with Crippen LogP contribution < -0.4 is 0 Å². The van der Waals surface area contributed by atoms with E-state index in [4.69, 9.17) is 0 Å². The van der Waals surface area contributed by atoms with Crippen molar-refractivity contribution < 1.29 is 4.79 Å². The van der Waals surface area contributed by atoms with Gasteiger partial charge in [0.2, 0.25) is 0 Å². The SMILES string of the molecule is Cc1ccc(-c2ccc(C(=O)C(C)C)cc2)cc1. The first-order valence-corrected chi connectivity index (χ1v) is 6.29. The maximum Gasteiger partial charge on any atom is 0.165 e. The van der Waals surface area contributed by atoms with Crippen molar-refractivity contribution in [3.8, 4) is 11.1 Å². The van der Waals surface area contributed by atoms with Gasteiger partial charge in [-0.2, -0.15) is 0 Å². The van der Waals surface area contributed by atoms with Gasteiger partial charge in [0.1, 0.15) is 0 Å². The number of benzene rings is 2. The maximum absolute atomic E-state index is 11.8. The summed E-state index contributed by atoms with van der Waals surface area (Å²) in [6.45, 7) is 5.93. The standard InChI is InChI=1S/C17H18O/c1-12(2)17(18)16-10-8-15(9-11-16)14-6-4-13(3)5-7-14/h4-12H,1-3H3. The minimum Gasteiger partial charge on any atom is -0.294 e. The summed E-state index contributed by atoms with van der Waals surface area (Å²) in [5.41, 5.74) is 4.38. The van der Waals surface area contributed by atoms with Crippen LogP contribution in [0.15, 0.2) is 48.5 Å². The minimum absolute atomic E-state index is 0.0511. The molecule has 0 saturated heterocycles. The summed E-state index contributed by atoms with van der Waals surface area (Å²) in [6.07, 6.45) is 0. The van der Waals surface area contributed by atoms with Gasteiger partial charge in [-0.05, 0) is 18.1 Å². The van der Waals surface area contributed by atoms with E-state index in [0.29, 0.717) is 0 Å². The molecule has 0 aliphatic heterocycles. The second-order valence-electron chi connectivity index (χ2n) is 4.96. The molecule has 0 radical (unpaired) electrons. The van der Waals surface area contributed by atoms with Crippen molar-refractivity contribution in [2.45, 2.75) is 20.8 Å². The van der Waals surface area contributed by atoms with Crippen molar-refractivity contribution >= 4 is 5.78 Å². The minimum atomic E-state index is 0.0511. The van der Waals surface area contributed by atoms with Crippen molar-refractivity contribution in [2.75, 3.05) is 0 Å². The lowest BCUT2D eigenvalue weighted by Crippen LogP contribution is -2.06. The Morgan fingerprint density at radius 2 is 1.28 bits per heavy atom. The Hall–Kier alpha value is -1.89. The van der Waals surface area contributed by atoms with E-state index in [2.05, 4.69) is 31.2 Å². The fourth-order valence-corrected chi connectivity index (χ4v) is 1.91. The zero-order chi connectivity index (χ0) is 13.1. The van der Waals surface area contributed by atoms with Gasteiger partial charge in [-0.15, -0.1) is 0 Å². The number of ketones is 1. The third kappa shape index (κ3) is 2.67. The van der Waals surface area contributed by atoms with Crippen molar-refractivity contribution in [3.05, 3.63) is 59.7 Å². The third-order valence-corrected chi connectivity index (χ3v) is 3.08. The molecule has 0 atom stereocenters. The van der Waals surface area contributed by atoms with E-state index < -0.39 is 0 Å². The van der Waals surface area contributed by atoms with Gasteiger partial charge >= 0.3 is 0 Å². The van der Waals surface area contributed by atoms with E-state index in [0.717, 1.165) is 11.1 Å².